The van der Waals surface area contributed by atoms with Gasteiger partial charge in [-0.2, -0.15) is 5.26 Å². The summed E-state index contributed by atoms with van der Waals surface area (Å²) in [5.41, 5.74) is 4.01. The number of piperazine rings is 1. The number of aryl methyl sites for hydroxylation is 1. The average molecular weight is 588 g/mol. The largest absolute Gasteiger partial charge is 0.368 e. The van der Waals surface area contributed by atoms with Gasteiger partial charge in [-0.1, -0.05) is 53.8 Å². The van der Waals surface area contributed by atoms with E-state index in [2.05, 4.69) is 15.9 Å². The van der Waals surface area contributed by atoms with Gasteiger partial charge in [-0.15, -0.1) is 0 Å². The molecule has 210 valence electrons. The van der Waals surface area contributed by atoms with Crippen molar-refractivity contribution >= 4 is 51.8 Å². The Hall–Kier alpha value is -3.94. The van der Waals surface area contributed by atoms with Gasteiger partial charge in [-0.3, -0.25) is 19.1 Å². The van der Waals surface area contributed by atoms with Crippen LogP contribution in [-0.4, -0.2) is 45.9 Å². The Kier molecular flexibility index (Phi) is 8.29. The summed E-state index contributed by atoms with van der Waals surface area (Å²) in [6, 6.07) is 16.5. The third-order valence-corrected chi connectivity index (χ3v) is 8.92. The van der Waals surface area contributed by atoms with E-state index in [0.29, 0.717) is 65.4 Å². The number of thioether (sulfide) groups is 1. The van der Waals surface area contributed by atoms with E-state index in [-0.39, 0.29) is 22.8 Å². The van der Waals surface area contributed by atoms with Gasteiger partial charge >= 0.3 is 0 Å². The number of anilines is 2. The van der Waals surface area contributed by atoms with E-state index in [0.717, 1.165) is 16.8 Å². The summed E-state index contributed by atoms with van der Waals surface area (Å²) in [6.07, 6.45) is 1.79. The molecule has 0 N–H and O–H groups in total. The number of benzene rings is 2. The average Bonchev–Trinajstić information content (AvgIpc) is 3.23. The van der Waals surface area contributed by atoms with Gasteiger partial charge in [0.1, 0.15) is 27.6 Å². The molecule has 3 heterocycles. The second kappa shape index (κ2) is 11.9. The van der Waals surface area contributed by atoms with Crippen molar-refractivity contribution in [1.29, 1.82) is 5.26 Å². The molecule has 10 heteroatoms. The molecular weight excluding hydrogens is 558 g/mol. The van der Waals surface area contributed by atoms with Crippen molar-refractivity contribution in [2.45, 2.75) is 33.9 Å². The van der Waals surface area contributed by atoms with Crippen molar-refractivity contribution in [3.8, 4) is 6.07 Å². The van der Waals surface area contributed by atoms with Gasteiger partial charge in [0.25, 0.3) is 11.5 Å². The first kappa shape index (κ1) is 28.6. The van der Waals surface area contributed by atoms with Gasteiger partial charge < -0.3 is 9.80 Å². The lowest BCUT2D eigenvalue weighted by atomic mass is 10.0. The zero-order chi connectivity index (χ0) is 29.3. The predicted molar refractivity (Wildman–Crippen MR) is 167 cm³/mol. The lowest BCUT2D eigenvalue weighted by Gasteiger charge is -2.39. The lowest BCUT2D eigenvalue weighted by Crippen LogP contribution is -2.48. The van der Waals surface area contributed by atoms with E-state index < -0.39 is 0 Å². The van der Waals surface area contributed by atoms with Crippen LogP contribution in [0, 0.1) is 31.0 Å². The van der Waals surface area contributed by atoms with Crippen molar-refractivity contribution in [1.82, 2.24) is 9.47 Å². The Morgan fingerprint density at radius 1 is 1.00 bits per heavy atom. The fraction of sp³-hybridized carbons (Fsp3) is 0.290. The highest BCUT2D eigenvalue weighted by Crippen LogP contribution is 2.37. The molecule has 0 unspecified atom stereocenters. The minimum atomic E-state index is -0.340. The van der Waals surface area contributed by atoms with Gasteiger partial charge in [0, 0.05) is 44.0 Å². The SMILES string of the molecule is CCn1c(N2CCN(c3ccc(F)cc3)CC2)c(/C=C2/SC(=S)N(Cc3ccc(C)cc3)C2=O)c(C)c(C#N)c1=O. The van der Waals surface area contributed by atoms with Crippen LogP contribution in [0.15, 0.2) is 58.2 Å². The summed E-state index contributed by atoms with van der Waals surface area (Å²) in [4.78, 5) is 33.3. The van der Waals surface area contributed by atoms with Crippen LogP contribution in [0.25, 0.3) is 6.08 Å². The third kappa shape index (κ3) is 5.65. The highest BCUT2D eigenvalue weighted by atomic mass is 32.2. The van der Waals surface area contributed by atoms with Crippen molar-refractivity contribution in [2.75, 3.05) is 36.0 Å². The molecule has 2 aliphatic rings. The van der Waals surface area contributed by atoms with Crippen molar-refractivity contribution < 1.29 is 9.18 Å². The number of carbonyl (C=O) groups excluding carboxylic acids is 1. The molecule has 2 fully saturated rings. The van der Waals surface area contributed by atoms with Crippen molar-refractivity contribution in [2.24, 2.45) is 0 Å². The Morgan fingerprint density at radius 3 is 2.24 bits per heavy atom. The summed E-state index contributed by atoms with van der Waals surface area (Å²) in [5, 5.41) is 9.87. The Bertz CT molecular complexity index is 1630. The van der Waals surface area contributed by atoms with E-state index in [9.17, 15) is 19.2 Å². The van der Waals surface area contributed by atoms with Crippen LogP contribution in [0.3, 0.4) is 0 Å². The van der Waals surface area contributed by atoms with Crippen LogP contribution in [0.2, 0.25) is 0 Å². The zero-order valence-electron chi connectivity index (χ0n) is 23.2. The first-order valence-electron chi connectivity index (χ1n) is 13.5. The van der Waals surface area contributed by atoms with Crippen molar-refractivity contribution in [3.63, 3.8) is 0 Å². The number of aromatic nitrogens is 1. The van der Waals surface area contributed by atoms with Gasteiger partial charge in [0.15, 0.2) is 0 Å². The van der Waals surface area contributed by atoms with E-state index in [4.69, 9.17) is 12.2 Å². The maximum Gasteiger partial charge on any atom is 0.270 e. The number of hydrogen-bond acceptors (Lipinski definition) is 7. The highest BCUT2D eigenvalue weighted by Gasteiger charge is 2.33. The molecule has 0 radical (unpaired) electrons. The maximum absolute atomic E-state index is 13.6. The number of hydrogen-bond donors (Lipinski definition) is 0. The smallest absolute Gasteiger partial charge is 0.270 e. The molecule has 2 aliphatic heterocycles. The molecule has 0 spiro atoms. The second-order valence-corrected chi connectivity index (χ2v) is 11.8. The Morgan fingerprint density at radius 2 is 1.63 bits per heavy atom. The normalized spacial score (nSPS) is 16.6. The molecule has 3 aromatic rings. The molecule has 0 aliphatic carbocycles. The van der Waals surface area contributed by atoms with Crippen LogP contribution in [0.5, 0.6) is 0 Å². The van der Waals surface area contributed by atoms with Crippen LogP contribution >= 0.6 is 24.0 Å². The standard InChI is InChI=1S/C31H30FN5O2S2/c1-4-36-28(35-15-13-34(14-16-35)24-11-9-23(32)10-12-24)25(21(3)26(18-33)29(36)38)17-27-30(39)37(31(40)41-27)19-22-7-5-20(2)6-8-22/h5-12,17H,4,13-16,19H2,1-3H3/b27-17+. The number of carbonyl (C=O) groups is 1. The topological polar surface area (TPSA) is 72.6 Å². The summed E-state index contributed by atoms with van der Waals surface area (Å²) in [7, 11) is 0. The summed E-state index contributed by atoms with van der Waals surface area (Å²) < 4.78 is 15.5. The fourth-order valence-electron chi connectivity index (χ4n) is 5.25. The number of rotatable bonds is 6. The van der Waals surface area contributed by atoms with Crippen LogP contribution in [-0.2, 0) is 17.9 Å². The quantitative estimate of drug-likeness (QED) is 0.289. The predicted octanol–water partition coefficient (Wildman–Crippen LogP) is 5.22. The number of thiocarbonyl (C=S) groups is 1. The first-order valence-corrected chi connectivity index (χ1v) is 14.7. The number of halogens is 1. The molecule has 1 amide bonds. The molecule has 0 atom stereocenters. The Balaban J connectivity index is 1.50. The molecule has 1 aromatic heterocycles. The van der Waals surface area contributed by atoms with Crippen LogP contribution in [0.4, 0.5) is 15.9 Å². The zero-order valence-corrected chi connectivity index (χ0v) is 24.8. The van der Waals surface area contributed by atoms with E-state index >= 15 is 0 Å². The van der Waals surface area contributed by atoms with E-state index in [1.54, 1.807) is 34.6 Å². The van der Waals surface area contributed by atoms with Gasteiger partial charge in [0.2, 0.25) is 0 Å². The van der Waals surface area contributed by atoms with Crippen molar-refractivity contribution in [3.05, 3.63) is 97.4 Å². The third-order valence-electron chi connectivity index (χ3n) is 7.54. The lowest BCUT2D eigenvalue weighted by molar-refractivity contribution is -0.122. The monoisotopic (exact) mass is 587 g/mol. The van der Waals surface area contributed by atoms with Gasteiger partial charge in [-0.25, -0.2) is 4.39 Å². The maximum atomic E-state index is 13.6. The van der Waals surface area contributed by atoms with Crippen LogP contribution in [0.1, 0.15) is 34.7 Å². The van der Waals surface area contributed by atoms with Gasteiger partial charge in [-0.05, 0) is 62.2 Å². The summed E-state index contributed by atoms with van der Waals surface area (Å²) >= 11 is 6.83. The number of amides is 1. The minimum Gasteiger partial charge on any atom is -0.368 e. The molecule has 0 saturated carbocycles. The molecule has 5 rings (SSSR count). The highest BCUT2D eigenvalue weighted by molar-refractivity contribution is 8.26. The second-order valence-electron chi connectivity index (χ2n) is 10.1. The number of nitriles is 1. The summed E-state index contributed by atoms with van der Waals surface area (Å²) in [6.45, 7) is 8.95. The van der Waals surface area contributed by atoms with Crippen LogP contribution < -0.4 is 15.4 Å². The Labute approximate surface area is 248 Å². The minimum absolute atomic E-state index is 0.0712. The fourth-order valence-corrected chi connectivity index (χ4v) is 6.49. The molecule has 41 heavy (non-hydrogen) atoms. The molecular formula is C31H30FN5O2S2. The van der Waals surface area contributed by atoms with Gasteiger partial charge in [0.05, 0.1) is 11.4 Å². The first-order chi connectivity index (χ1) is 19.7. The van der Waals surface area contributed by atoms with E-state index in [1.165, 1.54) is 23.9 Å². The summed E-state index contributed by atoms with van der Waals surface area (Å²) in [5.74, 6) is 0.220. The molecule has 2 aromatic carbocycles. The number of pyridine rings is 1. The number of nitrogens with zero attached hydrogens (tertiary/aromatic N) is 5. The molecule has 0 bridgehead atoms. The molecule has 7 nitrogen and oxygen atoms in total. The molecule has 2 saturated heterocycles. The van der Waals surface area contributed by atoms with E-state index in [1.807, 2.05) is 38.1 Å².